The molecule has 0 rings (SSSR count). The van der Waals surface area contributed by atoms with Gasteiger partial charge in [0.25, 0.3) is 0 Å². The average Bonchev–Trinajstić information content (AvgIpc) is 1.83. The fourth-order valence-electron chi connectivity index (χ4n) is 0.282. The van der Waals surface area contributed by atoms with E-state index in [-0.39, 0.29) is 6.61 Å². The van der Waals surface area contributed by atoms with Crippen LogP contribution in [0.3, 0.4) is 0 Å². The van der Waals surface area contributed by atoms with Crippen LogP contribution in [0.25, 0.3) is 0 Å². The zero-order valence-electron chi connectivity index (χ0n) is 5.81. The summed E-state index contributed by atoms with van der Waals surface area (Å²) in [5, 5.41) is 0. The Bertz CT molecular complexity index is 217. The second kappa shape index (κ2) is 4.14. The SMILES string of the molecule is CCOC(=O)OCS(=O)(=O)O. The summed E-state index contributed by atoms with van der Waals surface area (Å²) in [5.74, 6) is -1.08. The molecule has 0 aliphatic rings. The first-order chi connectivity index (χ1) is 4.95. The number of rotatable bonds is 3. The standard InChI is InChI=1S/C4H8O6S/c1-2-9-4(5)10-3-11(6,7)8/h2-3H2,1H3,(H,6,7,8). The van der Waals surface area contributed by atoms with Crippen molar-refractivity contribution in [3.63, 3.8) is 0 Å². The first kappa shape index (κ1) is 10.2. The molecule has 0 bridgehead atoms. The van der Waals surface area contributed by atoms with Crippen LogP contribution in [-0.4, -0.2) is 31.7 Å². The van der Waals surface area contributed by atoms with Gasteiger partial charge in [-0.25, -0.2) is 4.79 Å². The van der Waals surface area contributed by atoms with Crippen molar-refractivity contribution in [2.45, 2.75) is 6.92 Å². The Morgan fingerprint density at radius 1 is 1.45 bits per heavy atom. The smallest absolute Gasteiger partial charge is 0.435 e. The van der Waals surface area contributed by atoms with E-state index in [0.29, 0.717) is 0 Å². The van der Waals surface area contributed by atoms with Gasteiger partial charge >= 0.3 is 16.3 Å². The number of ether oxygens (including phenoxy) is 2. The van der Waals surface area contributed by atoms with Crippen molar-refractivity contribution in [1.82, 2.24) is 0 Å². The zero-order valence-corrected chi connectivity index (χ0v) is 6.63. The van der Waals surface area contributed by atoms with E-state index >= 15 is 0 Å². The van der Waals surface area contributed by atoms with E-state index in [2.05, 4.69) is 9.47 Å². The number of carbonyl (C=O) groups is 1. The minimum absolute atomic E-state index is 0.0876. The van der Waals surface area contributed by atoms with Gasteiger partial charge in [0.15, 0.2) is 0 Å². The maximum absolute atomic E-state index is 10.3. The van der Waals surface area contributed by atoms with Gasteiger partial charge in [-0.15, -0.1) is 0 Å². The Labute approximate surface area is 63.9 Å². The lowest BCUT2D eigenvalue weighted by Crippen LogP contribution is -2.14. The quantitative estimate of drug-likeness (QED) is 0.490. The molecule has 0 heterocycles. The molecule has 0 radical (unpaired) electrons. The number of hydrogen-bond acceptors (Lipinski definition) is 5. The molecule has 0 spiro atoms. The first-order valence-corrected chi connectivity index (χ1v) is 4.31. The fourth-order valence-corrected chi connectivity index (χ4v) is 0.527. The van der Waals surface area contributed by atoms with Crippen molar-refractivity contribution >= 4 is 16.3 Å². The maximum atomic E-state index is 10.3. The van der Waals surface area contributed by atoms with Crippen molar-refractivity contribution in [1.29, 1.82) is 0 Å². The van der Waals surface area contributed by atoms with Crippen molar-refractivity contribution in [2.24, 2.45) is 0 Å². The van der Waals surface area contributed by atoms with Crippen LogP contribution in [0.1, 0.15) is 6.92 Å². The molecule has 0 amide bonds. The second-order valence-electron chi connectivity index (χ2n) is 1.53. The molecular formula is C4H8O6S. The van der Waals surface area contributed by atoms with E-state index in [1.54, 1.807) is 0 Å². The molecule has 0 saturated heterocycles. The van der Waals surface area contributed by atoms with Crippen LogP contribution >= 0.6 is 0 Å². The number of carbonyl (C=O) groups excluding carboxylic acids is 1. The van der Waals surface area contributed by atoms with E-state index in [0.717, 1.165) is 0 Å². The summed E-state index contributed by atoms with van der Waals surface area (Å²) >= 11 is 0. The van der Waals surface area contributed by atoms with Crippen LogP contribution in [-0.2, 0) is 19.6 Å². The molecule has 0 aliphatic carbocycles. The van der Waals surface area contributed by atoms with Crippen molar-refractivity contribution in [3.05, 3.63) is 0 Å². The monoisotopic (exact) mass is 184 g/mol. The van der Waals surface area contributed by atoms with Crippen LogP contribution in [0.15, 0.2) is 0 Å². The van der Waals surface area contributed by atoms with Crippen molar-refractivity contribution < 1.29 is 27.2 Å². The molecule has 0 aromatic carbocycles. The maximum Gasteiger partial charge on any atom is 0.509 e. The fraction of sp³-hybridized carbons (Fsp3) is 0.750. The highest BCUT2D eigenvalue weighted by molar-refractivity contribution is 7.85. The molecule has 0 aliphatic heterocycles. The molecule has 7 heteroatoms. The summed E-state index contributed by atoms with van der Waals surface area (Å²) in [6, 6.07) is 0. The normalized spacial score (nSPS) is 10.7. The molecule has 6 nitrogen and oxygen atoms in total. The summed E-state index contributed by atoms with van der Waals surface area (Å²) in [6.45, 7) is 1.62. The molecule has 0 saturated carbocycles. The summed E-state index contributed by atoms with van der Waals surface area (Å²) in [5.41, 5.74) is 0. The minimum atomic E-state index is -4.26. The topological polar surface area (TPSA) is 89.9 Å². The Balaban J connectivity index is 3.64. The van der Waals surface area contributed by atoms with Crippen LogP contribution in [0.2, 0.25) is 0 Å². The Kier molecular flexibility index (Phi) is 3.83. The molecule has 0 unspecified atom stereocenters. The van der Waals surface area contributed by atoms with Gasteiger partial charge in [0.05, 0.1) is 6.61 Å². The largest absolute Gasteiger partial charge is 0.509 e. The summed E-state index contributed by atoms with van der Waals surface area (Å²) < 4.78 is 36.1. The Morgan fingerprint density at radius 2 is 2.00 bits per heavy atom. The van der Waals surface area contributed by atoms with Crippen molar-refractivity contribution in [2.75, 3.05) is 12.5 Å². The zero-order chi connectivity index (χ0) is 8.91. The van der Waals surface area contributed by atoms with Gasteiger partial charge in [0, 0.05) is 0 Å². The molecule has 1 N–H and O–H groups in total. The van der Waals surface area contributed by atoms with Gasteiger partial charge in [0.2, 0.25) is 5.94 Å². The molecular weight excluding hydrogens is 176 g/mol. The third-order valence-electron chi connectivity index (χ3n) is 0.588. The molecule has 0 fully saturated rings. The molecule has 0 aromatic heterocycles. The van der Waals surface area contributed by atoms with Gasteiger partial charge in [-0.05, 0) is 6.92 Å². The van der Waals surface area contributed by atoms with E-state index in [1.165, 1.54) is 6.92 Å². The lowest BCUT2D eigenvalue weighted by Gasteiger charge is -2.00. The predicted molar refractivity (Wildman–Crippen MR) is 34.5 cm³/mol. The van der Waals surface area contributed by atoms with E-state index < -0.39 is 22.2 Å². The van der Waals surface area contributed by atoms with Crippen LogP contribution in [0.5, 0.6) is 0 Å². The van der Waals surface area contributed by atoms with Crippen LogP contribution in [0, 0.1) is 0 Å². The molecule has 0 aromatic rings. The van der Waals surface area contributed by atoms with Gasteiger partial charge < -0.3 is 9.47 Å². The Hall–Kier alpha value is -0.820. The van der Waals surface area contributed by atoms with Crippen LogP contribution < -0.4 is 0 Å². The van der Waals surface area contributed by atoms with E-state index in [9.17, 15) is 13.2 Å². The number of hydrogen-bond donors (Lipinski definition) is 1. The van der Waals surface area contributed by atoms with Crippen LogP contribution in [0.4, 0.5) is 4.79 Å². The first-order valence-electron chi connectivity index (χ1n) is 2.70. The van der Waals surface area contributed by atoms with Gasteiger partial charge in [-0.3, -0.25) is 4.55 Å². The lowest BCUT2D eigenvalue weighted by atomic mass is 10.9. The van der Waals surface area contributed by atoms with Gasteiger partial charge in [0.1, 0.15) is 0 Å². The van der Waals surface area contributed by atoms with E-state index in [1.807, 2.05) is 0 Å². The predicted octanol–water partition coefficient (Wildman–Crippen LogP) is 0.00480. The molecule has 0 atom stereocenters. The highest BCUT2D eigenvalue weighted by atomic mass is 32.2. The lowest BCUT2D eigenvalue weighted by molar-refractivity contribution is 0.0702. The summed E-state index contributed by atoms with van der Waals surface area (Å²) in [7, 11) is -4.26. The highest BCUT2D eigenvalue weighted by Crippen LogP contribution is 1.88. The summed E-state index contributed by atoms with van der Waals surface area (Å²) in [4.78, 5) is 10.3. The minimum Gasteiger partial charge on any atom is -0.435 e. The van der Waals surface area contributed by atoms with Gasteiger partial charge in [-0.2, -0.15) is 8.42 Å². The molecule has 11 heavy (non-hydrogen) atoms. The second-order valence-corrected chi connectivity index (χ2v) is 2.93. The van der Waals surface area contributed by atoms with E-state index in [4.69, 9.17) is 4.55 Å². The third kappa shape index (κ3) is 7.07. The van der Waals surface area contributed by atoms with Gasteiger partial charge in [-0.1, -0.05) is 0 Å². The summed E-state index contributed by atoms with van der Waals surface area (Å²) in [6.07, 6.45) is -1.12. The highest BCUT2D eigenvalue weighted by Gasteiger charge is 2.09. The molecule has 66 valence electrons. The van der Waals surface area contributed by atoms with Crippen molar-refractivity contribution in [3.8, 4) is 0 Å². The average molecular weight is 184 g/mol. The Morgan fingerprint density at radius 3 is 2.36 bits per heavy atom. The third-order valence-corrected chi connectivity index (χ3v) is 1.00.